The lowest BCUT2D eigenvalue weighted by molar-refractivity contribution is -0.397. The van der Waals surface area contributed by atoms with Gasteiger partial charge in [0.05, 0.1) is 18.8 Å². The van der Waals surface area contributed by atoms with Gasteiger partial charge in [0.1, 0.15) is 35.1 Å². The summed E-state index contributed by atoms with van der Waals surface area (Å²) in [4.78, 5) is 0. The van der Waals surface area contributed by atoms with Crippen molar-refractivity contribution in [1.29, 1.82) is 0 Å². The zero-order valence-corrected chi connectivity index (χ0v) is 24.3. The maximum atomic E-state index is 12.5. The van der Waals surface area contributed by atoms with Gasteiger partial charge in [-0.3, -0.25) is 4.55 Å². The van der Waals surface area contributed by atoms with Crippen LogP contribution in [0.4, 0.5) is 0 Å². The molecule has 0 saturated heterocycles. The fraction of sp³-hybridized carbons (Fsp3) is 0.926. The Kier molecular flexibility index (Phi) is 8.20. The van der Waals surface area contributed by atoms with Crippen LogP contribution in [0.15, 0.2) is 11.6 Å². The molecule has 4 aliphatic rings. The van der Waals surface area contributed by atoms with Crippen molar-refractivity contribution in [3.63, 3.8) is 0 Å². The lowest BCUT2D eigenvalue weighted by atomic mass is 9.38. The zero-order valence-electron chi connectivity index (χ0n) is 23.5. The van der Waals surface area contributed by atoms with E-state index in [0.29, 0.717) is 12.8 Å². The Labute approximate surface area is 235 Å². The number of hydrogen-bond donors (Lipinski definition) is 9. The molecule has 0 aromatic carbocycles. The van der Waals surface area contributed by atoms with Crippen LogP contribution in [-0.2, 0) is 14.6 Å². The van der Waals surface area contributed by atoms with Gasteiger partial charge in [0.2, 0.25) is 0 Å². The van der Waals surface area contributed by atoms with E-state index in [1.165, 1.54) is 6.92 Å². The molecule has 12 nitrogen and oxygen atoms in total. The van der Waals surface area contributed by atoms with Crippen molar-refractivity contribution in [3.8, 4) is 0 Å². The number of rotatable bonds is 7. The van der Waals surface area contributed by atoms with Crippen LogP contribution >= 0.6 is 0 Å². The molecule has 0 aromatic heterocycles. The first-order valence-electron chi connectivity index (χ1n) is 14.1. The molecule has 0 radical (unpaired) electrons. The van der Waals surface area contributed by atoms with E-state index in [0.717, 1.165) is 5.57 Å². The number of fused-ring (bicyclic) bond motifs is 5. The van der Waals surface area contributed by atoms with Crippen LogP contribution in [0, 0.1) is 28.6 Å². The molecule has 0 aromatic rings. The molecule has 13 unspecified atom stereocenters. The van der Waals surface area contributed by atoms with Gasteiger partial charge in [-0.05, 0) is 63.7 Å². The maximum Gasteiger partial charge on any atom is 0.397 e. The quantitative estimate of drug-likeness (QED) is 0.133. The van der Waals surface area contributed by atoms with Crippen molar-refractivity contribution in [3.05, 3.63) is 11.6 Å². The van der Waals surface area contributed by atoms with Crippen LogP contribution in [0.2, 0.25) is 0 Å². The van der Waals surface area contributed by atoms with E-state index in [1.807, 2.05) is 13.0 Å². The van der Waals surface area contributed by atoms with E-state index >= 15 is 0 Å². The van der Waals surface area contributed by atoms with Gasteiger partial charge in [-0.25, -0.2) is 4.18 Å². The molecule has 4 fully saturated rings. The van der Waals surface area contributed by atoms with Crippen molar-refractivity contribution in [2.75, 3.05) is 6.61 Å². The van der Waals surface area contributed by atoms with Crippen LogP contribution < -0.4 is 0 Å². The van der Waals surface area contributed by atoms with Gasteiger partial charge >= 0.3 is 10.4 Å². The van der Waals surface area contributed by atoms with Gasteiger partial charge in [-0.15, -0.1) is 0 Å². The van der Waals surface area contributed by atoms with Crippen LogP contribution in [0.1, 0.15) is 72.6 Å². The molecule has 0 aliphatic heterocycles. The fourth-order valence-corrected chi connectivity index (χ4v) is 9.95. The second kappa shape index (κ2) is 10.2. The third kappa shape index (κ3) is 4.11. The predicted molar refractivity (Wildman–Crippen MR) is 141 cm³/mol. The highest BCUT2D eigenvalue weighted by molar-refractivity contribution is 7.80. The van der Waals surface area contributed by atoms with Gasteiger partial charge < -0.3 is 40.9 Å². The van der Waals surface area contributed by atoms with Crippen molar-refractivity contribution in [1.82, 2.24) is 0 Å². The smallest absolute Gasteiger partial charge is 0.392 e. The van der Waals surface area contributed by atoms with Crippen LogP contribution in [0.25, 0.3) is 0 Å². The van der Waals surface area contributed by atoms with Crippen molar-refractivity contribution in [2.45, 2.75) is 120 Å². The normalized spacial score (nSPS) is 52.0. The minimum absolute atomic E-state index is 0.0417. The second-order valence-electron chi connectivity index (χ2n) is 13.4. The molecule has 232 valence electrons. The van der Waals surface area contributed by atoms with Gasteiger partial charge in [-0.2, -0.15) is 8.42 Å². The number of aliphatic hydroxyl groups excluding tert-OH is 5. The Morgan fingerprint density at radius 3 is 2.17 bits per heavy atom. The molecular formula is C27H46O12S. The van der Waals surface area contributed by atoms with Crippen molar-refractivity contribution >= 4 is 10.4 Å². The molecule has 4 rings (SSSR count). The molecule has 13 atom stereocenters. The minimum atomic E-state index is -5.38. The Hall–Kier alpha value is -0.710. The highest BCUT2D eigenvalue weighted by atomic mass is 32.3. The summed E-state index contributed by atoms with van der Waals surface area (Å²) in [5.74, 6) is -1.57. The molecule has 0 bridgehead atoms. The fourth-order valence-electron chi connectivity index (χ4n) is 9.43. The molecule has 40 heavy (non-hydrogen) atoms. The second-order valence-corrected chi connectivity index (χ2v) is 14.5. The Morgan fingerprint density at radius 1 is 1.00 bits per heavy atom. The third-order valence-corrected chi connectivity index (χ3v) is 12.1. The maximum absolute atomic E-state index is 12.5. The predicted octanol–water partition coefficient (Wildman–Crippen LogP) is -0.584. The molecule has 4 saturated carbocycles. The van der Waals surface area contributed by atoms with Gasteiger partial charge in [0.15, 0.2) is 0 Å². The Balaban J connectivity index is 1.83. The van der Waals surface area contributed by atoms with E-state index in [1.54, 1.807) is 13.8 Å². The molecule has 0 spiro atoms. The summed E-state index contributed by atoms with van der Waals surface area (Å²) in [7, 11) is -5.38. The first-order chi connectivity index (χ1) is 18.3. The van der Waals surface area contributed by atoms with Gasteiger partial charge in [-0.1, -0.05) is 32.4 Å². The lowest BCUT2D eigenvalue weighted by Crippen LogP contribution is -2.88. The summed E-state index contributed by atoms with van der Waals surface area (Å²) in [6, 6.07) is 0. The summed E-state index contributed by atoms with van der Waals surface area (Å²) in [5, 5.41) is 90.8. The summed E-state index contributed by atoms with van der Waals surface area (Å²) in [6.45, 7) is 6.89. The highest BCUT2D eigenvalue weighted by Crippen LogP contribution is 2.72. The lowest BCUT2D eigenvalue weighted by Gasteiger charge is -2.72. The van der Waals surface area contributed by atoms with Crippen LogP contribution in [0.5, 0.6) is 0 Å². The highest BCUT2D eigenvalue weighted by Gasteiger charge is 2.84. The Morgan fingerprint density at radius 2 is 1.60 bits per heavy atom. The summed E-state index contributed by atoms with van der Waals surface area (Å²) < 4.78 is 38.2. The summed E-state index contributed by atoms with van der Waals surface area (Å²) >= 11 is 0. The first kappa shape index (κ1) is 32.2. The standard InChI is InChI=1S/C27H46O12S/c1-14(13-28)6-5-7-15(2)16-12-19(30)27(35)23(16,3)11-9-18-24(4)10-8-17(29)20(31)26(24,34)22(39-40(36,37)38)21(32)25(18,27)33/h6,15-22,28-35H,5,7-13H2,1-4H3,(H,36,37,38). The number of allylic oxidation sites excluding steroid dienone is 1. The topological polar surface area (TPSA) is 225 Å². The largest absolute Gasteiger partial charge is 0.397 e. The Bertz CT molecular complexity index is 1110. The summed E-state index contributed by atoms with van der Waals surface area (Å²) in [6.07, 6.45) is -6.29. The van der Waals surface area contributed by atoms with E-state index in [-0.39, 0.29) is 50.5 Å². The van der Waals surface area contributed by atoms with E-state index < -0.39 is 74.5 Å². The van der Waals surface area contributed by atoms with Crippen LogP contribution in [0.3, 0.4) is 0 Å². The average molecular weight is 595 g/mol. The van der Waals surface area contributed by atoms with Crippen molar-refractivity contribution < 1.29 is 58.0 Å². The third-order valence-electron chi connectivity index (χ3n) is 11.6. The van der Waals surface area contributed by atoms with E-state index in [4.69, 9.17) is 4.18 Å². The van der Waals surface area contributed by atoms with Crippen LogP contribution in [-0.4, -0.2) is 108 Å². The molecular weight excluding hydrogens is 548 g/mol. The van der Waals surface area contributed by atoms with Gasteiger partial charge in [0, 0.05) is 16.7 Å². The van der Waals surface area contributed by atoms with Gasteiger partial charge in [0.25, 0.3) is 0 Å². The first-order valence-corrected chi connectivity index (χ1v) is 15.5. The van der Waals surface area contributed by atoms with Crippen molar-refractivity contribution in [2.24, 2.45) is 28.6 Å². The van der Waals surface area contributed by atoms with E-state index in [2.05, 4.69) is 0 Å². The monoisotopic (exact) mass is 594 g/mol. The molecule has 0 amide bonds. The number of hydrogen-bond acceptors (Lipinski definition) is 11. The zero-order chi connectivity index (χ0) is 30.3. The molecule has 13 heteroatoms. The molecule has 4 aliphatic carbocycles. The summed E-state index contributed by atoms with van der Waals surface area (Å²) in [5.41, 5.74) is -9.68. The number of aliphatic hydroxyl groups is 8. The van der Waals surface area contributed by atoms with E-state index in [9.17, 15) is 53.8 Å². The molecule has 9 N–H and O–H groups in total. The SMILES string of the molecule is CC(=CCCC(C)C1CC(O)C2(O)C1(C)CCC1C3(C)CCC(O)C(O)C3(O)C(OS(=O)(=O)O)C(O)C12O)CO. The minimum Gasteiger partial charge on any atom is -0.392 e. The average Bonchev–Trinajstić information content (AvgIpc) is 3.09. The molecule has 0 heterocycles.